The summed E-state index contributed by atoms with van der Waals surface area (Å²) in [5.41, 5.74) is 0.487. The minimum Gasteiger partial charge on any atom is -0.478 e. The third kappa shape index (κ3) is 4.74. The standard InChI is InChI=1S/C27H31FN4O3/c1-29-11-9-20(10-12-29)31-15-13-30(14-16-31)18-24-25(27(34)35)22-7-2-3-8-23(22)26(33)32(24)21-6-4-5-19(28)17-21/h2-8,17,20H,9-16,18H2,1H3,(H,34,35). The number of piperidine rings is 1. The average Bonchev–Trinajstić information content (AvgIpc) is 2.85. The van der Waals surface area contributed by atoms with Gasteiger partial charge in [-0.3, -0.25) is 19.2 Å². The van der Waals surface area contributed by atoms with Crippen molar-refractivity contribution in [3.8, 4) is 5.69 Å². The molecule has 5 rings (SSSR count). The smallest absolute Gasteiger partial charge is 0.338 e. The molecule has 2 aliphatic heterocycles. The summed E-state index contributed by atoms with van der Waals surface area (Å²) in [6, 6.07) is 13.1. The zero-order valence-corrected chi connectivity index (χ0v) is 20.0. The minimum atomic E-state index is -1.09. The van der Waals surface area contributed by atoms with E-state index in [2.05, 4.69) is 21.7 Å². The van der Waals surface area contributed by atoms with Gasteiger partial charge in [0, 0.05) is 49.5 Å². The molecule has 0 aliphatic carbocycles. The maximum Gasteiger partial charge on any atom is 0.338 e. The van der Waals surface area contributed by atoms with Crippen LogP contribution in [-0.4, -0.2) is 82.7 Å². The zero-order valence-electron chi connectivity index (χ0n) is 20.0. The fourth-order valence-electron chi connectivity index (χ4n) is 5.53. The van der Waals surface area contributed by atoms with Crippen LogP contribution in [-0.2, 0) is 6.54 Å². The third-order valence-electron chi connectivity index (χ3n) is 7.45. The number of pyridine rings is 1. The van der Waals surface area contributed by atoms with E-state index in [1.165, 1.54) is 35.6 Å². The SMILES string of the molecule is CN1CCC(N2CCN(Cc3c(C(=O)O)c4ccccc4c(=O)n3-c3cccc(F)c3)CC2)CC1. The van der Waals surface area contributed by atoms with E-state index in [4.69, 9.17) is 0 Å². The second-order valence-electron chi connectivity index (χ2n) is 9.64. The van der Waals surface area contributed by atoms with Gasteiger partial charge >= 0.3 is 5.97 Å². The Morgan fingerprint density at radius 1 is 0.971 bits per heavy atom. The van der Waals surface area contributed by atoms with Gasteiger partial charge in [-0.2, -0.15) is 0 Å². The zero-order chi connectivity index (χ0) is 24.5. The highest BCUT2D eigenvalue weighted by molar-refractivity contribution is 6.04. The van der Waals surface area contributed by atoms with Gasteiger partial charge in [-0.15, -0.1) is 0 Å². The molecule has 2 aliphatic rings. The molecule has 184 valence electrons. The Labute approximate surface area is 204 Å². The molecule has 35 heavy (non-hydrogen) atoms. The number of fused-ring (bicyclic) bond motifs is 1. The van der Waals surface area contributed by atoms with E-state index < -0.39 is 11.8 Å². The molecule has 0 radical (unpaired) electrons. The maximum atomic E-state index is 14.1. The Hall–Kier alpha value is -3.07. The topological polar surface area (TPSA) is 69.0 Å². The van der Waals surface area contributed by atoms with Gasteiger partial charge in [0.25, 0.3) is 5.56 Å². The van der Waals surface area contributed by atoms with Crippen molar-refractivity contribution in [1.29, 1.82) is 0 Å². The Morgan fingerprint density at radius 3 is 2.31 bits per heavy atom. The predicted octanol–water partition coefficient (Wildman–Crippen LogP) is 3.04. The summed E-state index contributed by atoms with van der Waals surface area (Å²) in [5.74, 6) is -1.57. The molecular weight excluding hydrogens is 447 g/mol. The van der Waals surface area contributed by atoms with E-state index >= 15 is 0 Å². The lowest BCUT2D eigenvalue weighted by Crippen LogP contribution is -2.52. The molecule has 0 atom stereocenters. The molecule has 0 spiro atoms. The molecule has 7 nitrogen and oxygen atoms in total. The number of carbonyl (C=O) groups is 1. The number of hydrogen-bond acceptors (Lipinski definition) is 5. The van der Waals surface area contributed by atoms with Gasteiger partial charge in [-0.1, -0.05) is 24.3 Å². The molecule has 3 heterocycles. The van der Waals surface area contributed by atoms with Crippen LogP contribution in [0.4, 0.5) is 4.39 Å². The summed E-state index contributed by atoms with van der Waals surface area (Å²) in [6.07, 6.45) is 2.34. The Morgan fingerprint density at radius 2 is 1.66 bits per heavy atom. The van der Waals surface area contributed by atoms with E-state index in [0.29, 0.717) is 34.7 Å². The van der Waals surface area contributed by atoms with Crippen molar-refractivity contribution in [3.05, 3.63) is 76.0 Å². The minimum absolute atomic E-state index is 0.0993. The number of aromatic carboxylic acids is 1. The Bertz CT molecular complexity index is 1290. The first-order valence-electron chi connectivity index (χ1n) is 12.2. The molecule has 1 aromatic heterocycles. The molecule has 2 fully saturated rings. The number of hydrogen-bond donors (Lipinski definition) is 1. The second kappa shape index (κ2) is 9.89. The number of piperazine rings is 1. The molecule has 0 unspecified atom stereocenters. The van der Waals surface area contributed by atoms with Crippen molar-refractivity contribution in [1.82, 2.24) is 19.3 Å². The highest BCUT2D eigenvalue weighted by Gasteiger charge is 2.29. The number of carboxylic acid groups (broad SMARTS) is 1. The third-order valence-corrected chi connectivity index (χ3v) is 7.45. The molecule has 0 bridgehead atoms. The first kappa shape index (κ1) is 23.7. The maximum absolute atomic E-state index is 14.1. The van der Waals surface area contributed by atoms with Gasteiger partial charge in [0.2, 0.25) is 0 Å². The fourth-order valence-corrected chi connectivity index (χ4v) is 5.53. The molecule has 8 heteroatoms. The van der Waals surface area contributed by atoms with Gasteiger partial charge in [0.1, 0.15) is 5.82 Å². The normalized spacial score (nSPS) is 18.8. The van der Waals surface area contributed by atoms with Crippen LogP contribution in [0.15, 0.2) is 53.3 Å². The number of likely N-dealkylation sites (tertiary alicyclic amines) is 1. The molecule has 0 amide bonds. The lowest BCUT2D eigenvalue weighted by molar-refractivity contribution is 0.0601. The van der Waals surface area contributed by atoms with Crippen LogP contribution in [0.1, 0.15) is 28.9 Å². The van der Waals surface area contributed by atoms with Crippen LogP contribution < -0.4 is 5.56 Å². The predicted molar refractivity (Wildman–Crippen MR) is 134 cm³/mol. The number of carboxylic acids is 1. The Balaban J connectivity index is 1.51. The van der Waals surface area contributed by atoms with Gasteiger partial charge < -0.3 is 10.0 Å². The van der Waals surface area contributed by atoms with Crippen molar-refractivity contribution >= 4 is 16.7 Å². The lowest BCUT2D eigenvalue weighted by Gasteiger charge is -2.42. The second-order valence-corrected chi connectivity index (χ2v) is 9.64. The molecular formula is C27H31FN4O3. The molecule has 2 saturated heterocycles. The summed E-state index contributed by atoms with van der Waals surface area (Å²) in [5, 5.41) is 10.9. The molecule has 2 aromatic carbocycles. The summed E-state index contributed by atoms with van der Waals surface area (Å²) in [7, 11) is 2.16. The van der Waals surface area contributed by atoms with Crippen molar-refractivity contribution in [2.24, 2.45) is 0 Å². The summed E-state index contributed by atoms with van der Waals surface area (Å²) in [4.78, 5) is 33.2. The van der Waals surface area contributed by atoms with Crippen LogP contribution >= 0.6 is 0 Å². The summed E-state index contributed by atoms with van der Waals surface area (Å²) >= 11 is 0. The number of rotatable bonds is 5. The first-order valence-corrected chi connectivity index (χ1v) is 12.2. The largest absolute Gasteiger partial charge is 0.478 e. The van der Waals surface area contributed by atoms with Crippen molar-refractivity contribution in [2.75, 3.05) is 46.3 Å². The summed E-state index contributed by atoms with van der Waals surface area (Å²) in [6.45, 7) is 5.93. The van der Waals surface area contributed by atoms with Crippen LogP contribution in [0.3, 0.4) is 0 Å². The first-order chi connectivity index (χ1) is 16.9. The lowest BCUT2D eigenvalue weighted by atomic mass is 10.0. The van der Waals surface area contributed by atoms with Gasteiger partial charge in [-0.25, -0.2) is 9.18 Å². The van der Waals surface area contributed by atoms with Crippen molar-refractivity contribution < 1.29 is 14.3 Å². The fraction of sp³-hybridized carbons (Fsp3) is 0.407. The van der Waals surface area contributed by atoms with E-state index in [1.54, 1.807) is 30.3 Å². The van der Waals surface area contributed by atoms with E-state index in [9.17, 15) is 19.1 Å². The number of halogens is 1. The molecule has 3 aromatic rings. The van der Waals surface area contributed by atoms with Crippen molar-refractivity contribution in [2.45, 2.75) is 25.4 Å². The highest BCUT2D eigenvalue weighted by Crippen LogP contribution is 2.25. The highest BCUT2D eigenvalue weighted by atomic mass is 19.1. The van der Waals surface area contributed by atoms with Crippen LogP contribution in [0.25, 0.3) is 16.5 Å². The van der Waals surface area contributed by atoms with E-state index in [1.807, 2.05) is 0 Å². The van der Waals surface area contributed by atoms with E-state index in [-0.39, 0.29) is 11.1 Å². The number of aromatic nitrogens is 1. The van der Waals surface area contributed by atoms with Crippen LogP contribution in [0, 0.1) is 5.82 Å². The van der Waals surface area contributed by atoms with Crippen LogP contribution in [0.5, 0.6) is 0 Å². The van der Waals surface area contributed by atoms with Gasteiger partial charge in [-0.05, 0) is 57.2 Å². The van der Waals surface area contributed by atoms with E-state index in [0.717, 1.165) is 39.3 Å². The quantitative estimate of drug-likeness (QED) is 0.608. The van der Waals surface area contributed by atoms with Gasteiger partial charge in [0.15, 0.2) is 0 Å². The molecule has 1 N–H and O–H groups in total. The van der Waals surface area contributed by atoms with Crippen LogP contribution in [0.2, 0.25) is 0 Å². The van der Waals surface area contributed by atoms with Gasteiger partial charge in [0.05, 0.1) is 16.9 Å². The number of nitrogens with zero attached hydrogens (tertiary/aromatic N) is 4. The number of benzene rings is 2. The monoisotopic (exact) mass is 478 g/mol. The average molecular weight is 479 g/mol. The molecule has 0 saturated carbocycles. The summed E-state index contributed by atoms with van der Waals surface area (Å²) < 4.78 is 15.5. The van der Waals surface area contributed by atoms with Crippen molar-refractivity contribution in [3.63, 3.8) is 0 Å². The Kier molecular flexibility index (Phi) is 6.69.